The summed E-state index contributed by atoms with van der Waals surface area (Å²) in [6, 6.07) is 21.8. The minimum atomic E-state index is -5.01. The van der Waals surface area contributed by atoms with Crippen molar-refractivity contribution in [1.82, 2.24) is 4.57 Å². The molecule has 5 aromatic rings. The zero-order valence-corrected chi connectivity index (χ0v) is 29.0. The average Bonchev–Trinajstić information content (AvgIpc) is 3.34. The predicted octanol–water partition coefficient (Wildman–Crippen LogP) is 8.25. The molecule has 0 radical (unpaired) electrons. The average molecular weight is 807 g/mol. The Morgan fingerprint density at radius 1 is 1.06 bits per heavy atom. The van der Waals surface area contributed by atoms with E-state index in [1.54, 1.807) is 12.1 Å². The second kappa shape index (κ2) is 13.4. The van der Waals surface area contributed by atoms with Crippen LogP contribution in [0.1, 0.15) is 29.7 Å². The highest BCUT2D eigenvalue weighted by Crippen LogP contribution is 2.39. The molecule has 13 heteroatoms. The summed E-state index contributed by atoms with van der Waals surface area (Å²) >= 11 is 13.9. The van der Waals surface area contributed by atoms with Crippen molar-refractivity contribution in [2.75, 3.05) is 6.61 Å². The number of aromatic nitrogens is 1. The van der Waals surface area contributed by atoms with Gasteiger partial charge in [-0.2, -0.15) is 13.2 Å². The standard InChI is InChI=1S/C34H22Br2ClF3N2O4S/c1-2-45-32(44)27-28(19-10-12-23(37)13-11-19)42-31(43)26(47-33(42)41-30(27)34(38,39)40)15-21-14-22(35)16-25(36)29(21)46-17-20-8-5-7-18-6-3-4-9-24(18)20/h3-16,28H,2,17H2,1H3/b26-15-/t28-/m0/s1. The van der Waals surface area contributed by atoms with E-state index in [4.69, 9.17) is 21.1 Å². The molecule has 4 aromatic carbocycles. The van der Waals surface area contributed by atoms with Crippen molar-refractivity contribution in [1.29, 1.82) is 0 Å². The highest BCUT2D eigenvalue weighted by molar-refractivity contribution is 9.11. The number of benzene rings is 4. The van der Waals surface area contributed by atoms with Crippen molar-refractivity contribution in [2.45, 2.75) is 25.7 Å². The Bertz CT molecular complexity index is 2240. The van der Waals surface area contributed by atoms with E-state index in [9.17, 15) is 22.8 Å². The van der Waals surface area contributed by atoms with Crippen LogP contribution in [-0.2, 0) is 16.1 Å². The minimum absolute atomic E-state index is 0.0781. The molecule has 0 spiro atoms. The van der Waals surface area contributed by atoms with Gasteiger partial charge < -0.3 is 9.47 Å². The van der Waals surface area contributed by atoms with E-state index in [1.807, 2.05) is 42.5 Å². The van der Waals surface area contributed by atoms with Gasteiger partial charge in [0.15, 0.2) is 10.5 Å². The summed E-state index contributed by atoms with van der Waals surface area (Å²) in [6.07, 6.45) is -3.47. The van der Waals surface area contributed by atoms with Crippen LogP contribution >= 0.6 is 54.8 Å². The molecule has 240 valence electrons. The van der Waals surface area contributed by atoms with Crippen LogP contribution in [0.3, 0.4) is 0 Å². The fraction of sp³-hybridized carbons (Fsp3) is 0.147. The summed E-state index contributed by atoms with van der Waals surface area (Å²) in [6.45, 7) is 1.51. The molecule has 1 atom stereocenters. The molecule has 0 aliphatic carbocycles. The number of halogens is 6. The van der Waals surface area contributed by atoms with Gasteiger partial charge in [-0.15, -0.1) is 0 Å². The molecule has 0 N–H and O–H groups in total. The number of hydrogen-bond donors (Lipinski definition) is 0. The Kier molecular flexibility index (Phi) is 9.48. The van der Waals surface area contributed by atoms with Crippen molar-refractivity contribution in [3.63, 3.8) is 0 Å². The Balaban J connectivity index is 1.52. The second-order valence-corrected chi connectivity index (χ2v) is 13.6. The number of carbonyl (C=O) groups is 1. The van der Waals surface area contributed by atoms with Gasteiger partial charge >= 0.3 is 12.1 Å². The van der Waals surface area contributed by atoms with Crippen LogP contribution in [0.2, 0.25) is 5.02 Å². The van der Waals surface area contributed by atoms with E-state index in [0.717, 1.165) is 32.2 Å². The monoisotopic (exact) mass is 804 g/mol. The Labute approximate surface area is 291 Å². The van der Waals surface area contributed by atoms with Gasteiger partial charge in [-0.25, -0.2) is 9.79 Å². The van der Waals surface area contributed by atoms with Gasteiger partial charge in [0.25, 0.3) is 5.56 Å². The largest absolute Gasteiger partial charge is 0.487 e. The lowest BCUT2D eigenvalue weighted by molar-refractivity contribution is -0.140. The summed E-state index contributed by atoms with van der Waals surface area (Å²) in [5, 5.41) is 2.41. The van der Waals surface area contributed by atoms with Crippen LogP contribution in [-0.4, -0.2) is 23.3 Å². The fourth-order valence-electron chi connectivity index (χ4n) is 5.35. The van der Waals surface area contributed by atoms with Crippen LogP contribution < -0.4 is 19.6 Å². The van der Waals surface area contributed by atoms with E-state index in [1.165, 1.54) is 37.3 Å². The van der Waals surface area contributed by atoms with Crippen molar-refractivity contribution in [3.05, 3.63) is 140 Å². The summed E-state index contributed by atoms with van der Waals surface area (Å²) in [5.74, 6) is -0.803. The molecule has 0 saturated heterocycles. The first kappa shape index (κ1) is 33.2. The first-order valence-electron chi connectivity index (χ1n) is 14.1. The maximum Gasteiger partial charge on any atom is 0.434 e. The number of rotatable bonds is 7. The number of thiazole rings is 1. The maximum atomic E-state index is 14.5. The number of allylic oxidation sites excluding steroid dienone is 1. The zero-order valence-electron chi connectivity index (χ0n) is 24.3. The van der Waals surface area contributed by atoms with E-state index < -0.39 is 35.0 Å². The van der Waals surface area contributed by atoms with E-state index in [0.29, 0.717) is 25.3 Å². The van der Waals surface area contributed by atoms with Gasteiger partial charge in [-0.1, -0.05) is 93.5 Å². The lowest BCUT2D eigenvalue weighted by Gasteiger charge is -2.26. The van der Waals surface area contributed by atoms with Gasteiger partial charge in [0.1, 0.15) is 12.4 Å². The number of carbonyl (C=O) groups excluding carboxylic acids is 1. The van der Waals surface area contributed by atoms with Crippen LogP contribution in [0.5, 0.6) is 5.75 Å². The third kappa shape index (κ3) is 6.69. The summed E-state index contributed by atoms with van der Waals surface area (Å²) in [5.41, 5.74) is -1.20. The molecule has 6 rings (SSSR count). The van der Waals surface area contributed by atoms with Crippen molar-refractivity contribution < 1.29 is 27.4 Å². The molecule has 2 heterocycles. The lowest BCUT2D eigenvalue weighted by atomic mass is 9.95. The topological polar surface area (TPSA) is 69.9 Å². The quantitative estimate of drug-likeness (QED) is 0.156. The molecule has 47 heavy (non-hydrogen) atoms. The van der Waals surface area contributed by atoms with Gasteiger partial charge in [-0.05, 0) is 75.1 Å². The van der Waals surface area contributed by atoms with Gasteiger partial charge in [-0.3, -0.25) is 9.36 Å². The molecule has 6 nitrogen and oxygen atoms in total. The smallest absolute Gasteiger partial charge is 0.434 e. The summed E-state index contributed by atoms with van der Waals surface area (Å²) < 4.78 is 57.2. The highest BCUT2D eigenvalue weighted by Gasteiger charge is 2.45. The first-order valence-corrected chi connectivity index (χ1v) is 16.9. The summed E-state index contributed by atoms with van der Waals surface area (Å²) in [4.78, 5) is 30.8. The number of nitrogens with zero attached hydrogens (tertiary/aromatic N) is 2. The highest BCUT2D eigenvalue weighted by atomic mass is 79.9. The molecule has 0 saturated carbocycles. The third-order valence-corrected chi connectivity index (χ3v) is 9.64. The van der Waals surface area contributed by atoms with Gasteiger partial charge in [0.2, 0.25) is 0 Å². The molecule has 1 aliphatic heterocycles. The minimum Gasteiger partial charge on any atom is -0.487 e. The predicted molar refractivity (Wildman–Crippen MR) is 182 cm³/mol. The van der Waals surface area contributed by atoms with Crippen molar-refractivity contribution in [2.24, 2.45) is 4.99 Å². The normalized spacial score (nSPS) is 15.0. The van der Waals surface area contributed by atoms with Gasteiger partial charge in [0, 0.05) is 15.1 Å². The number of hydrogen-bond acceptors (Lipinski definition) is 6. The van der Waals surface area contributed by atoms with Crippen LogP contribution in [0.25, 0.3) is 16.8 Å². The van der Waals surface area contributed by atoms with E-state index in [2.05, 4.69) is 36.9 Å². The maximum absolute atomic E-state index is 14.5. The summed E-state index contributed by atoms with van der Waals surface area (Å²) in [7, 11) is 0. The molecule has 0 fully saturated rings. The lowest BCUT2D eigenvalue weighted by Crippen LogP contribution is -2.41. The van der Waals surface area contributed by atoms with E-state index in [-0.39, 0.29) is 28.1 Å². The number of esters is 1. The number of alkyl halides is 3. The fourth-order valence-corrected chi connectivity index (χ4v) is 7.84. The van der Waals surface area contributed by atoms with Crippen LogP contribution in [0, 0.1) is 0 Å². The molecule has 0 bridgehead atoms. The Morgan fingerprint density at radius 2 is 1.79 bits per heavy atom. The molecule has 0 amide bonds. The molecule has 1 aromatic heterocycles. The Morgan fingerprint density at radius 3 is 2.51 bits per heavy atom. The van der Waals surface area contributed by atoms with Crippen molar-refractivity contribution in [3.8, 4) is 5.75 Å². The molecular formula is C34H22Br2ClF3N2O4S. The van der Waals surface area contributed by atoms with E-state index >= 15 is 0 Å². The van der Waals surface area contributed by atoms with Crippen LogP contribution in [0.15, 0.2) is 109 Å². The SMILES string of the molecule is CCOC(=O)C1=C(C(F)(F)F)N=c2s/c(=C\c3cc(Br)cc(Br)c3OCc3cccc4ccccc34)c(=O)n2[C@H]1c1ccc(Cl)cc1. The van der Waals surface area contributed by atoms with Crippen molar-refractivity contribution >= 4 is 77.6 Å². The number of ether oxygens (including phenoxy) is 2. The van der Waals surface area contributed by atoms with Crippen LogP contribution in [0.4, 0.5) is 13.2 Å². The van der Waals surface area contributed by atoms with Gasteiger partial charge in [0.05, 0.1) is 27.2 Å². The number of fused-ring (bicyclic) bond motifs is 2. The third-order valence-electron chi connectivity index (χ3n) is 7.36. The first-order chi connectivity index (χ1) is 22.5. The zero-order chi connectivity index (χ0) is 33.5. The molecule has 0 unspecified atom stereocenters. The molecular weight excluding hydrogens is 785 g/mol. The molecule has 1 aliphatic rings. The Hall–Kier alpha value is -3.71. The second-order valence-electron chi connectivity index (χ2n) is 10.3.